The van der Waals surface area contributed by atoms with Gasteiger partial charge in [-0.05, 0) is 37.5 Å². The Balaban J connectivity index is 1.54. The maximum Gasteiger partial charge on any atom is 0.316 e. The number of methoxy groups -OCH3 is 1. The minimum absolute atomic E-state index is 0.0761. The molecule has 0 bridgehead atoms. The molecule has 2 aromatic carbocycles. The molecular formula is C24H28N4O5S. The van der Waals surface area contributed by atoms with Crippen molar-refractivity contribution in [1.82, 2.24) is 19.8 Å². The molecule has 9 nitrogen and oxygen atoms in total. The minimum atomic E-state index is -3.84. The third kappa shape index (κ3) is 5.28. The first-order valence-corrected chi connectivity index (χ1v) is 12.7. The zero-order valence-electron chi connectivity index (χ0n) is 19.3. The predicted octanol–water partition coefficient (Wildman–Crippen LogP) is 3.55. The van der Waals surface area contributed by atoms with Crippen LogP contribution >= 0.6 is 0 Å². The van der Waals surface area contributed by atoms with E-state index in [-0.39, 0.29) is 29.1 Å². The second-order valence-corrected chi connectivity index (χ2v) is 9.98. The number of likely N-dealkylation sites (tertiary alicyclic amines) is 1. The van der Waals surface area contributed by atoms with Crippen LogP contribution in [0.3, 0.4) is 0 Å². The van der Waals surface area contributed by atoms with Gasteiger partial charge in [0.15, 0.2) is 0 Å². The number of nitrogens with zero attached hydrogens (tertiary/aromatic N) is 3. The van der Waals surface area contributed by atoms with E-state index in [0.717, 1.165) is 31.2 Å². The summed E-state index contributed by atoms with van der Waals surface area (Å²) in [7, 11) is -2.30. The van der Waals surface area contributed by atoms with Crippen molar-refractivity contribution >= 4 is 15.9 Å². The number of rotatable bonds is 7. The standard InChI is InChI=1S/C24H28N4O5S/c1-17-11-12-18(22-26-23(33-27-22)24(29)28-13-7-3-4-8-14-28)15-21(17)34(30,31)25-16-19-9-5-6-10-20(19)32-2/h5-6,9-12,15,25H,3-4,7-8,13-14,16H2,1-2H3. The average Bonchev–Trinajstić information content (AvgIpc) is 3.18. The Labute approximate surface area is 199 Å². The summed E-state index contributed by atoms with van der Waals surface area (Å²) in [6, 6.07) is 12.1. The van der Waals surface area contributed by atoms with E-state index in [1.54, 1.807) is 36.1 Å². The number of hydrogen-bond donors (Lipinski definition) is 1. The monoisotopic (exact) mass is 484 g/mol. The van der Waals surface area contributed by atoms with Gasteiger partial charge < -0.3 is 14.2 Å². The van der Waals surface area contributed by atoms with Crippen LogP contribution in [-0.4, -0.2) is 49.6 Å². The number of carbonyl (C=O) groups is 1. The van der Waals surface area contributed by atoms with Crippen molar-refractivity contribution < 1.29 is 22.5 Å². The maximum atomic E-state index is 13.1. The zero-order chi connectivity index (χ0) is 24.1. The van der Waals surface area contributed by atoms with Gasteiger partial charge in [-0.3, -0.25) is 4.79 Å². The summed E-state index contributed by atoms with van der Waals surface area (Å²) < 4.78 is 39.3. The third-order valence-electron chi connectivity index (χ3n) is 5.88. The lowest BCUT2D eigenvalue weighted by Gasteiger charge is -2.17. The second-order valence-electron chi connectivity index (χ2n) is 8.25. The van der Waals surface area contributed by atoms with E-state index >= 15 is 0 Å². The molecule has 0 radical (unpaired) electrons. The van der Waals surface area contributed by atoms with Crippen molar-refractivity contribution in [2.75, 3.05) is 20.2 Å². The molecule has 0 unspecified atom stereocenters. The van der Waals surface area contributed by atoms with E-state index in [0.29, 0.717) is 30.0 Å². The van der Waals surface area contributed by atoms with E-state index in [1.165, 1.54) is 13.2 Å². The Morgan fingerprint density at radius 2 is 1.85 bits per heavy atom. The Morgan fingerprint density at radius 1 is 1.12 bits per heavy atom. The summed E-state index contributed by atoms with van der Waals surface area (Å²) in [6.45, 7) is 3.13. The van der Waals surface area contributed by atoms with Gasteiger partial charge in [0.1, 0.15) is 5.75 Å². The first-order valence-electron chi connectivity index (χ1n) is 11.2. The molecule has 0 saturated carbocycles. The van der Waals surface area contributed by atoms with Gasteiger partial charge in [-0.1, -0.05) is 48.3 Å². The van der Waals surface area contributed by atoms with Crippen molar-refractivity contribution in [2.24, 2.45) is 0 Å². The first-order chi connectivity index (χ1) is 16.4. The summed E-state index contributed by atoms with van der Waals surface area (Å²) in [6.07, 6.45) is 4.11. The number of hydrogen-bond acceptors (Lipinski definition) is 7. The number of aryl methyl sites for hydroxylation is 1. The summed E-state index contributed by atoms with van der Waals surface area (Å²) in [4.78, 5) is 18.9. The summed E-state index contributed by atoms with van der Waals surface area (Å²) in [5.74, 6) is 0.388. The predicted molar refractivity (Wildman–Crippen MR) is 126 cm³/mol. The van der Waals surface area contributed by atoms with Gasteiger partial charge in [0.2, 0.25) is 15.8 Å². The van der Waals surface area contributed by atoms with Crippen LogP contribution in [0.15, 0.2) is 51.9 Å². The normalized spacial score (nSPS) is 14.6. The molecule has 34 heavy (non-hydrogen) atoms. The molecule has 1 aliphatic rings. The lowest BCUT2D eigenvalue weighted by atomic mass is 10.1. The maximum absolute atomic E-state index is 13.1. The van der Waals surface area contributed by atoms with Crippen LogP contribution in [0, 0.1) is 6.92 Å². The fourth-order valence-corrected chi connectivity index (χ4v) is 5.24. The number of para-hydroxylation sites is 1. The minimum Gasteiger partial charge on any atom is -0.496 e. The summed E-state index contributed by atoms with van der Waals surface area (Å²) >= 11 is 0. The van der Waals surface area contributed by atoms with Crippen LogP contribution in [-0.2, 0) is 16.6 Å². The molecule has 1 aromatic heterocycles. The van der Waals surface area contributed by atoms with Gasteiger partial charge in [0.05, 0.1) is 12.0 Å². The quantitative estimate of drug-likeness (QED) is 0.545. The van der Waals surface area contributed by atoms with Crippen LogP contribution in [0.5, 0.6) is 5.75 Å². The van der Waals surface area contributed by atoms with Crippen molar-refractivity contribution in [2.45, 2.75) is 44.0 Å². The van der Waals surface area contributed by atoms with Crippen molar-refractivity contribution in [1.29, 1.82) is 0 Å². The number of ether oxygens (including phenoxy) is 1. The van der Waals surface area contributed by atoms with E-state index in [2.05, 4.69) is 14.9 Å². The van der Waals surface area contributed by atoms with Gasteiger partial charge in [-0.25, -0.2) is 13.1 Å². The topological polar surface area (TPSA) is 115 Å². The molecule has 2 heterocycles. The second kappa shape index (κ2) is 10.4. The van der Waals surface area contributed by atoms with E-state index in [4.69, 9.17) is 9.26 Å². The lowest BCUT2D eigenvalue weighted by Crippen LogP contribution is -2.32. The third-order valence-corrected chi connectivity index (χ3v) is 7.43. The average molecular weight is 485 g/mol. The Hall–Kier alpha value is -3.24. The largest absolute Gasteiger partial charge is 0.496 e. The molecule has 3 aromatic rings. The van der Waals surface area contributed by atoms with Crippen LogP contribution in [0.1, 0.15) is 47.5 Å². The Bertz CT molecular complexity index is 1260. The summed E-state index contributed by atoms with van der Waals surface area (Å²) in [5, 5.41) is 3.93. The zero-order valence-corrected chi connectivity index (χ0v) is 20.1. The van der Waals surface area contributed by atoms with Gasteiger partial charge in [0.25, 0.3) is 0 Å². The highest BCUT2D eigenvalue weighted by atomic mass is 32.2. The molecule has 0 spiro atoms. The molecule has 1 fully saturated rings. The van der Waals surface area contributed by atoms with Gasteiger partial charge >= 0.3 is 11.8 Å². The first kappa shape index (κ1) is 23.9. The number of carbonyl (C=O) groups excluding carboxylic acids is 1. The molecule has 10 heteroatoms. The highest BCUT2D eigenvalue weighted by Crippen LogP contribution is 2.25. The smallest absolute Gasteiger partial charge is 0.316 e. The lowest BCUT2D eigenvalue weighted by molar-refractivity contribution is 0.0711. The number of sulfonamides is 1. The molecule has 1 saturated heterocycles. The van der Waals surface area contributed by atoms with E-state index < -0.39 is 10.0 Å². The number of aromatic nitrogens is 2. The van der Waals surface area contributed by atoms with E-state index in [9.17, 15) is 13.2 Å². The van der Waals surface area contributed by atoms with Crippen LogP contribution in [0.4, 0.5) is 0 Å². The van der Waals surface area contributed by atoms with Gasteiger partial charge in [0, 0.05) is 30.8 Å². The molecule has 180 valence electrons. The van der Waals surface area contributed by atoms with Crippen molar-refractivity contribution in [3.63, 3.8) is 0 Å². The molecule has 0 aliphatic carbocycles. The van der Waals surface area contributed by atoms with Crippen molar-refractivity contribution in [3.8, 4) is 17.1 Å². The molecule has 1 aliphatic heterocycles. The highest BCUT2D eigenvalue weighted by molar-refractivity contribution is 7.89. The molecule has 1 amide bonds. The van der Waals surface area contributed by atoms with E-state index in [1.807, 2.05) is 12.1 Å². The fraction of sp³-hybridized carbons (Fsp3) is 0.375. The fourth-order valence-electron chi connectivity index (χ4n) is 3.96. The Kier molecular flexibility index (Phi) is 7.28. The Morgan fingerprint density at radius 3 is 2.59 bits per heavy atom. The molecular weight excluding hydrogens is 456 g/mol. The SMILES string of the molecule is COc1ccccc1CNS(=O)(=O)c1cc(-c2noc(C(=O)N3CCCCCC3)n2)ccc1C. The molecule has 4 rings (SSSR count). The number of benzene rings is 2. The van der Waals surface area contributed by atoms with Crippen LogP contribution < -0.4 is 9.46 Å². The van der Waals surface area contributed by atoms with Crippen LogP contribution in [0.2, 0.25) is 0 Å². The number of amides is 1. The number of nitrogens with one attached hydrogen (secondary N) is 1. The summed E-state index contributed by atoms with van der Waals surface area (Å²) in [5.41, 5.74) is 1.74. The van der Waals surface area contributed by atoms with Crippen molar-refractivity contribution in [3.05, 3.63) is 59.5 Å². The van der Waals surface area contributed by atoms with Gasteiger partial charge in [-0.15, -0.1) is 0 Å². The molecule has 1 N–H and O–H groups in total. The highest BCUT2D eigenvalue weighted by Gasteiger charge is 2.24. The van der Waals surface area contributed by atoms with Crippen LogP contribution in [0.25, 0.3) is 11.4 Å². The molecule has 0 atom stereocenters. The van der Waals surface area contributed by atoms with Gasteiger partial charge in [-0.2, -0.15) is 4.98 Å².